The van der Waals surface area contributed by atoms with Gasteiger partial charge < -0.3 is 10.6 Å². The number of carbonyl (C=O) groups is 1. The number of hydrogen-bond donors (Lipinski definition) is 3. The van der Waals surface area contributed by atoms with Crippen LogP contribution in [-0.4, -0.2) is 29.4 Å². The number of unbranched alkanes of at least 4 members (excludes halogenated alkanes) is 1. The van der Waals surface area contributed by atoms with Gasteiger partial charge in [-0.15, -0.1) is 0 Å². The molecule has 34 heavy (non-hydrogen) atoms. The molecule has 1 aliphatic rings. The lowest BCUT2D eigenvalue weighted by Crippen LogP contribution is -2.30. The molecule has 3 unspecified atom stereocenters. The molecule has 0 radical (unpaired) electrons. The second-order valence-electron chi connectivity index (χ2n) is 8.03. The molecule has 0 bridgehead atoms. The maximum atomic E-state index is 12.7. The number of aliphatic imine (C=N–C) groups is 1. The lowest BCUT2D eigenvalue weighted by molar-refractivity contribution is 0.102. The molecule has 2 heterocycles. The third-order valence-electron chi connectivity index (χ3n) is 5.38. The summed E-state index contributed by atoms with van der Waals surface area (Å²) in [5, 5.41) is 11.4. The van der Waals surface area contributed by atoms with Gasteiger partial charge in [0.1, 0.15) is 5.82 Å². The number of aromatic nitrogens is 1. The number of anilines is 2. The number of nitrogens with one attached hydrogen (secondary N) is 3. The number of hydrogen-bond acceptors (Lipinski definition) is 5. The quantitative estimate of drug-likeness (QED) is 0.335. The van der Waals surface area contributed by atoms with Crippen molar-refractivity contribution < 1.29 is 4.79 Å². The zero-order chi connectivity index (χ0) is 24.5. The lowest BCUT2D eigenvalue weighted by atomic mass is 10.1. The van der Waals surface area contributed by atoms with Crippen molar-refractivity contribution in [2.24, 2.45) is 4.99 Å². The van der Waals surface area contributed by atoms with Crippen molar-refractivity contribution in [2.45, 2.75) is 52.4 Å². The predicted molar refractivity (Wildman–Crippen MR) is 147 cm³/mol. The van der Waals surface area contributed by atoms with Crippen LogP contribution in [0.15, 0.2) is 64.7 Å². The molecular weight excluding hydrogens is 465 g/mol. The Balaban J connectivity index is 1.67. The molecule has 0 aliphatic carbocycles. The van der Waals surface area contributed by atoms with Gasteiger partial charge in [0, 0.05) is 30.7 Å². The fraction of sp³-hybridized carbons (Fsp3) is 0.346. The van der Waals surface area contributed by atoms with E-state index in [9.17, 15) is 4.79 Å². The Kier molecular flexibility index (Phi) is 9.82. The molecule has 2 aromatic rings. The number of pyridine rings is 1. The largest absolute Gasteiger partial charge is 0.369 e. The van der Waals surface area contributed by atoms with E-state index in [1.165, 1.54) is 11.5 Å². The molecule has 1 aromatic heterocycles. The van der Waals surface area contributed by atoms with E-state index in [1.54, 1.807) is 6.07 Å². The van der Waals surface area contributed by atoms with Crippen LogP contribution < -0.4 is 16.0 Å². The summed E-state index contributed by atoms with van der Waals surface area (Å²) >= 11 is 6.24. The van der Waals surface area contributed by atoms with Gasteiger partial charge in [0.25, 0.3) is 5.91 Å². The van der Waals surface area contributed by atoms with Gasteiger partial charge in [-0.3, -0.25) is 15.1 Å². The number of halogens is 1. The van der Waals surface area contributed by atoms with Gasteiger partial charge in [-0.25, -0.2) is 4.98 Å². The summed E-state index contributed by atoms with van der Waals surface area (Å²) < 4.78 is 0. The minimum Gasteiger partial charge on any atom is -0.369 e. The van der Waals surface area contributed by atoms with Crippen molar-refractivity contribution >= 4 is 43.8 Å². The predicted octanol–water partition coefficient (Wildman–Crippen LogP) is 6.75. The Morgan fingerprint density at radius 1 is 1.29 bits per heavy atom. The maximum Gasteiger partial charge on any atom is 0.257 e. The highest BCUT2D eigenvalue weighted by atomic mass is 35.5. The first-order valence-corrected chi connectivity index (χ1v) is 13.1. The highest BCUT2D eigenvalue weighted by Crippen LogP contribution is 2.38. The van der Waals surface area contributed by atoms with E-state index in [1.807, 2.05) is 38.3 Å². The molecule has 6 nitrogen and oxygen atoms in total. The zero-order valence-corrected chi connectivity index (χ0v) is 21.9. The number of rotatable bonds is 9. The summed E-state index contributed by atoms with van der Waals surface area (Å²) in [5.41, 5.74) is 3.30. The lowest BCUT2D eigenvalue weighted by Gasteiger charge is -2.25. The second-order valence-corrected chi connectivity index (χ2v) is 9.89. The summed E-state index contributed by atoms with van der Waals surface area (Å²) in [5.74, 6) is 0.507. The number of amides is 1. The van der Waals surface area contributed by atoms with Gasteiger partial charge in [0.2, 0.25) is 0 Å². The van der Waals surface area contributed by atoms with E-state index in [-0.39, 0.29) is 17.7 Å². The Morgan fingerprint density at radius 2 is 2.12 bits per heavy atom. The summed E-state index contributed by atoms with van der Waals surface area (Å²) in [7, 11) is 0.629. The van der Waals surface area contributed by atoms with Gasteiger partial charge >= 0.3 is 0 Å². The number of benzene rings is 1. The van der Waals surface area contributed by atoms with E-state index < -0.39 is 0 Å². The first-order chi connectivity index (χ1) is 16.4. The van der Waals surface area contributed by atoms with E-state index in [4.69, 9.17) is 11.6 Å². The van der Waals surface area contributed by atoms with Crippen LogP contribution in [0.5, 0.6) is 0 Å². The number of allylic oxidation sites excluding steroid dienone is 3. The molecule has 3 N–H and O–H groups in total. The standard InChI is InChI=1S/C26H33ClN5OP/c1-5-8-12-23-22(6-2)29-16-24(34-23)31-17(4)18-10-9-11-20(13-18)32-26(33)19-14-21(27)25(28-7-3)30-15-19/h6,9-17,24,31,34H,5,7-8H2,1-4H3,(H,28,30)(H,32,33)/b22-6+,23-12-. The highest BCUT2D eigenvalue weighted by molar-refractivity contribution is 7.45. The first kappa shape index (κ1) is 26.1. The average molecular weight is 498 g/mol. The summed E-state index contributed by atoms with van der Waals surface area (Å²) in [6, 6.07) is 9.60. The molecule has 1 amide bonds. The fourth-order valence-electron chi connectivity index (χ4n) is 3.58. The molecule has 1 aliphatic heterocycles. The Morgan fingerprint density at radius 3 is 2.82 bits per heavy atom. The Bertz CT molecular complexity index is 1100. The normalized spacial score (nSPS) is 19.5. The average Bonchev–Trinajstić information content (AvgIpc) is 2.84. The van der Waals surface area contributed by atoms with Crippen LogP contribution in [0.3, 0.4) is 0 Å². The molecule has 0 fully saturated rings. The fourth-order valence-corrected chi connectivity index (χ4v) is 5.25. The van der Waals surface area contributed by atoms with Gasteiger partial charge in [0.15, 0.2) is 0 Å². The summed E-state index contributed by atoms with van der Waals surface area (Å²) in [4.78, 5) is 21.6. The van der Waals surface area contributed by atoms with Crippen molar-refractivity contribution in [3.63, 3.8) is 0 Å². The number of nitrogens with zero attached hydrogens (tertiary/aromatic N) is 2. The third-order valence-corrected chi connectivity index (χ3v) is 7.07. The molecule has 3 rings (SSSR count). The van der Waals surface area contributed by atoms with Crippen LogP contribution in [-0.2, 0) is 0 Å². The molecular formula is C26H33ClN5OP. The maximum absolute atomic E-state index is 12.7. The van der Waals surface area contributed by atoms with Crippen molar-refractivity contribution in [3.05, 3.63) is 75.8 Å². The van der Waals surface area contributed by atoms with Crippen LogP contribution in [0, 0.1) is 0 Å². The second kappa shape index (κ2) is 12.8. The van der Waals surface area contributed by atoms with Gasteiger partial charge in [0.05, 0.1) is 22.1 Å². The molecule has 0 saturated heterocycles. The first-order valence-electron chi connectivity index (χ1n) is 11.7. The topological polar surface area (TPSA) is 78.4 Å². The van der Waals surface area contributed by atoms with Crippen molar-refractivity contribution in [3.8, 4) is 0 Å². The van der Waals surface area contributed by atoms with Crippen LogP contribution in [0.1, 0.15) is 62.5 Å². The Hall–Kier alpha value is -2.53. The molecule has 3 atom stereocenters. The van der Waals surface area contributed by atoms with Gasteiger partial charge in [-0.05, 0) is 56.3 Å². The van der Waals surface area contributed by atoms with Crippen LogP contribution in [0.2, 0.25) is 5.02 Å². The van der Waals surface area contributed by atoms with Crippen molar-refractivity contribution in [1.29, 1.82) is 0 Å². The van der Waals surface area contributed by atoms with Gasteiger partial charge in [-0.1, -0.05) is 57.8 Å². The molecule has 0 spiro atoms. The molecule has 0 saturated carbocycles. The number of carbonyl (C=O) groups excluding carboxylic acids is 1. The van der Waals surface area contributed by atoms with Crippen LogP contribution in [0.25, 0.3) is 0 Å². The van der Waals surface area contributed by atoms with E-state index in [2.05, 4.69) is 58.0 Å². The van der Waals surface area contributed by atoms with Gasteiger partial charge in [-0.2, -0.15) is 0 Å². The summed E-state index contributed by atoms with van der Waals surface area (Å²) in [6.07, 6.45) is 10.1. The third kappa shape index (κ3) is 6.99. The zero-order valence-electron chi connectivity index (χ0n) is 20.2. The molecule has 1 aromatic carbocycles. The van der Waals surface area contributed by atoms with E-state index in [0.29, 0.717) is 31.5 Å². The molecule has 8 heteroatoms. The van der Waals surface area contributed by atoms with Crippen LogP contribution >= 0.6 is 20.2 Å². The van der Waals surface area contributed by atoms with Crippen molar-refractivity contribution in [2.75, 3.05) is 17.2 Å². The highest BCUT2D eigenvalue weighted by Gasteiger charge is 2.19. The van der Waals surface area contributed by atoms with Crippen LogP contribution in [0.4, 0.5) is 11.5 Å². The van der Waals surface area contributed by atoms with E-state index >= 15 is 0 Å². The summed E-state index contributed by atoms with van der Waals surface area (Å²) in [6.45, 7) is 9.02. The monoisotopic (exact) mass is 497 g/mol. The minimum absolute atomic E-state index is 0.0934. The minimum atomic E-state index is -0.249. The SMILES string of the molecule is C/C=C1/N=CC(NC(C)c2cccc(NC(=O)c3cnc(NCC)c(Cl)c3)c2)P/C1=C\CCC. The van der Waals surface area contributed by atoms with E-state index in [0.717, 1.165) is 29.8 Å². The molecule has 180 valence electrons. The Labute approximate surface area is 209 Å². The smallest absolute Gasteiger partial charge is 0.257 e. The van der Waals surface area contributed by atoms with Crippen molar-refractivity contribution in [1.82, 2.24) is 10.3 Å².